The topological polar surface area (TPSA) is 278 Å². The van der Waals surface area contributed by atoms with Gasteiger partial charge in [0.05, 0.1) is 38.1 Å². The third-order valence-electron chi connectivity index (χ3n) is 18.8. The van der Waals surface area contributed by atoms with Gasteiger partial charge in [-0.2, -0.15) is 0 Å². The summed E-state index contributed by atoms with van der Waals surface area (Å²) in [5, 5.41) is 119. The zero-order valence-electron chi connectivity index (χ0n) is 39.3. The van der Waals surface area contributed by atoms with Crippen molar-refractivity contribution in [2.75, 3.05) is 19.8 Å². The van der Waals surface area contributed by atoms with Gasteiger partial charge in [0, 0.05) is 10.8 Å². The van der Waals surface area contributed by atoms with Crippen LogP contribution in [0.1, 0.15) is 107 Å². The number of rotatable bonds is 9. The van der Waals surface area contributed by atoms with Crippen LogP contribution in [0.2, 0.25) is 0 Å². The maximum Gasteiger partial charge on any atom is 0.187 e. The number of hydrogen-bond acceptors (Lipinski definition) is 17. The highest BCUT2D eigenvalue weighted by atomic mass is 16.8. The van der Waals surface area contributed by atoms with E-state index in [4.69, 9.17) is 28.4 Å². The van der Waals surface area contributed by atoms with Crippen molar-refractivity contribution in [3.05, 3.63) is 23.3 Å². The zero-order valence-corrected chi connectivity index (χ0v) is 39.3. The first-order valence-electron chi connectivity index (χ1n) is 24.0. The molecule has 23 atom stereocenters. The van der Waals surface area contributed by atoms with E-state index in [1.54, 1.807) is 0 Å². The van der Waals surface area contributed by atoms with Crippen LogP contribution >= 0.6 is 0 Å². The van der Waals surface area contributed by atoms with E-state index in [0.29, 0.717) is 12.8 Å². The van der Waals surface area contributed by atoms with Crippen molar-refractivity contribution in [2.24, 2.45) is 44.3 Å². The minimum atomic E-state index is -1.76. The molecule has 372 valence electrons. The lowest BCUT2D eigenvalue weighted by Gasteiger charge is -2.69. The summed E-state index contributed by atoms with van der Waals surface area (Å²) >= 11 is 0. The van der Waals surface area contributed by atoms with Crippen molar-refractivity contribution >= 4 is 0 Å². The monoisotopic (exact) mass is 927 g/mol. The quantitative estimate of drug-likeness (QED) is 0.141. The number of hydrogen-bond donors (Lipinski definition) is 11. The van der Waals surface area contributed by atoms with Gasteiger partial charge in [-0.3, -0.25) is 0 Å². The molecule has 3 saturated heterocycles. The molecule has 0 aromatic rings. The summed E-state index contributed by atoms with van der Waals surface area (Å²) in [7, 11) is 0. The maximum absolute atomic E-state index is 12.1. The van der Waals surface area contributed by atoms with Gasteiger partial charge in [-0.1, -0.05) is 71.8 Å². The minimum Gasteiger partial charge on any atom is -0.396 e. The number of fused-ring (bicyclic) bond motifs is 7. The molecular formula is C48H78O17. The van der Waals surface area contributed by atoms with E-state index in [9.17, 15) is 56.2 Å². The molecule has 0 radical (unpaired) electrons. The highest BCUT2D eigenvalue weighted by Gasteiger charge is 2.68. The molecule has 0 amide bonds. The number of aliphatic hydroxyl groups excluding tert-OH is 11. The molecule has 4 saturated carbocycles. The minimum absolute atomic E-state index is 0.0341. The molecule has 0 aromatic carbocycles. The fourth-order valence-electron chi connectivity index (χ4n) is 14.4. The van der Waals surface area contributed by atoms with Crippen molar-refractivity contribution in [3.8, 4) is 0 Å². The van der Waals surface area contributed by atoms with Crippen LogP contribution in [-0.4, -0.2) is 180 Å². The van der Waals surface area contributed by atoms with Crippen LogP contribution in [0.25, 0.3) is 0 Å². The summed E-state index contributed by atoms with van der Waals surface area (Å²) in [6.45, 7) is 16.2. The first kappa shape index (κ1) is 50.2. The lowest BCUT2D eigenvalue weighted by Crippen LogP contribution is -2.66. The van der Waals surface area contributed by atoms with E-state index in [1.807, 2.05) is 0 Å². The Morgan fingerprint density at radius 1 is 0.615 bits per heavy atom. The molecule has 8 aliphatic rings. The Bertz CT molecular complexity index is 1790. The molecule has 3 aliphatic heterocycles. The molecule has 65 heavy (non-hydrogen) atoms. The van der Waals surface area contributed by atoms with E-state index >= 15 is 0 Å². The van der Waals surface area contributed by atoms with Crippen LogP contribution in [0, 0.1) is 44.3 Å². The van der Waals surface area contributed by atoms with Gasteiger partial charge in [0.25, 0.3) is 0 Å². The van der Waals surface area contributed by atoms with E-state index in [0.717, 1.165) is 38.5 Å². The summed E-state index contributed by atoms with van der Waals surface area (Å²) in [5.74, 6) is 0.189. The van der Waals surface area contributed by atoms with E-state index in [2.05, 4.69) is 60.6 Å². The Balaban J connectivity index is 1.04. The summed E-state index contributed by atoms with van der Waals surface area (Å²) < 4.78 is 36.2. The Morgan fingerprint density at radius 3 is 1.92 bits per heavy atom. The first-order chi connectivity index (χ1) is 30.3. The molecule has 7 fully saturated rings. The predicted molar refractivity (Wildman–Crippen MR) is 230 cm³/mol. The Hall–Kier alpha value is -1.20. The summed E-state index contributed by atoms with van der Waals surface area (Å²) in [6.07, 6.45) is -13.3. The van der Waals surface area contributed by atoms with Gasteiger partial charge < -0.3 is 84.6 Å². The standard InChI is InChI=1S/C48H78O17/c1-22-31(52)33(54)37(58)41(61-22)65-39-26(20-60-40-36(57)34(55)32(53)25(19-49)62-40)63-42(38(59)35(39)56)64-30-12-13-45(6)27(44(30,4)5)11-14-46(7)28(45)10-9-23-24-17-43(2,3)15-16-48(24,21-50)29(51)18-47(23,46)8/h9-10,22,24-27,29-42,49-59H,11-21H2,1-8H3/t22?,24?,25?,26?,27?,29?,30?,31?,32?,33?,34?,35?,36?,37?,38?,39?,40?,41?,42?,45-,46-,47+,48+/m0/s1. The number of allylic oxidation sites excluding steroid dienone is 4. The van der Waals surface area contributed by atoms with Gasteiger partial charge >= 0.3 is 0 Å². The molecule has 19 unspecified atom stereocenters. The lowest BCUT2D eigenvalue weighted by atomic mass is 9.35. The van der Waals surface area contributed by atoms with Gasteiger partial charge in [0.1, 0.15) is 67.1 Å². The lowest BCUT2D eigenvalue weighted by molar-refractivity contribution is -0.373. The third kappa shape index (κ3) is 7.87. The van der Waals surface area contributed by atoms with Crippen LogP contribution < -0.4 is 0 Å². The van der Waals surface area contributed by atoms with Crippen LogP contribution in [0.4, 0.5) is 0 Å². The smallest absolute Gasteiger partial charge is 0.187 e. The Kier molecular flexibility index (Phi) is 13.6. The van der Waals surface area contributed by atoms with E-state index < -0.39 is 128 Å². The normalized spacial score (nSPS) is 54.0. The third-order valence-corrected chi connectivity index (χ3v) is 18.8. The number of ether oxygens (including phenoxy) is 6. The average Bonchev–Trinajstić information content (AvgIpc) is 3.24. The van der Waals surface area contributed by atoms with Gasteiger partial charge in [-0.15, -0.1) is 0 Å². The van der Waals surface area contributed by atoms with Crippen LogP contribution in [-0.2, 0) is 28.4 Å². The highest BCUT2D eigenvalue weighted by Crippen LogP contribution is 2.74. The second-order valence-corrected chi connectivity index (χ2v) is 23.2. The van der Waals surface area contributed by atoms with Gasteiger partial charge in [-0.25, -0.2) is 0 Å². The van der Waals surface area contributed by atoms with Crippen LogP contribution in [0.3, 0.4) is 0 Å². The molecule has 8 rings (SSSR count). The fraction of sp³-hybridized carbons (Fsp3) is 0.917. The Morgan fingerprint density at radius 2 is 1.25 bits per heavy atom. The van der Waals surface area contributed by atoms with Crippen molar-refractivity contribution in [3.63, 3.8) is 0 Å². The van der Waals surface area contributed by atoms with Crippen molar-refractivity contribution in [1.29, 1.82) is 0 Å². The fourth-order valence-corrected chi connectivity index (χ4v) is 14.4. The molecule has 0 bridgehead atoms. The van der Waals surface area contributed by atoms with Crippen molar-refractivity contribution < 1.29 is 84.6 Å². The molecule has 17 heteroatoms. The highest BCUT2D eigenvalue weighted by molar-refractivity contribution is 5.46. The predicted octanol–water partition coefficient (Wildman–Crippen LogP) is 0.532. The SMILES string of the molecule is CC1OC(OC2C(COC3OC(CO)C(O)C(O)C3O)OC(OC3CC[C@]4(C)C5=CC=C6C7CC(C)(C)CC[C@]7(CO)C(O)C[C@@]6(C)[C@@]5(C)CCC4C3(C)C)C(O)C2O)C(O)C(O)C1O. The van der Waals surface area contributed by atoms with Gasteiger partial charge in [0.15, 0.2) is 18.9 Å². The molecule has 0 aromatic heterocycles. The number of aliphatic hydroxyl groups is 11. The maximum atomic E-state index is 12.1. The van der Waals surface area contributed by atoms with E-state index in [1.165, 1.54) is 18.1 Å². The van der Waals surface area contributed by atoms with Crippen molar-refractivity contribution in [2.45, 2.75) is 211 Å². The molecular weight excluding hydrogens is 849 g/mol. The molecule has 5 aliphatic carbocycles. The molecule has 11 N–H and O–H groups in total. The molecule has 3 heterocycles. The Labute approximate surface area is 382 Å². The van der Waals surface area contributed by atoms with E-state index in [-0.39, 0.29) is 40.1 Å². The average molecular weight is 927 g/mol. The van der Waals surface area contributed by atoms with Crippen LogP contribution in [0.5, 0.6) is 0 Å². The van der Waals surface area contributed by atoms with Crippen molar-refractivity contribution in [1.82, 2.24) is 0 Å². The summed E-state index contributed by atoms with van der Waals surface area (Å²) in [6, 6.07) is 0. The van der Waals surface area contributed by atoms with Crippen LogP contribution in [0.15, 0.2) is 23.3 Å². The van der Waals surface area contributed by atoms with Gasteiger partial charge in [0.2, 0.25) is 0 Å². The second kappa shape index (κ2) is 17.6. The first-order valence-corrected chi connectivity index (χ1v) is 24.0. The summed E-state index contributed by atoms with van der Waals surface area (Å²) in [4.78, 5) is 0. The largest absolute Gasteiger partial charge is 0.396 e. The second-order valence-electron chi connectivity index (χ2n) is 23.2. The summed E-state index contributed by atoms with van der Waals surface area (Å²) in [5.41, 5.74) is 0.933. The zero-order chi connectivity index (χ0) is 47.6. The molecule has 17 nitrogen and oxygen atoms in total. The van der Waals surface area contributed by atoms with Gasteiger partial charge in [-0.05, 0) is 91.8 Å². The molecule has 0 spiro atoms.